The van der Waals surface area contributed by atoms with Gasteiger partial charge in [-0.25, -0.2) is 0 Å². The van der Waals surface area contributed by atoms with Gasteiger partial charge < -0.3 is 10.2 Å². The van der Waals surface area contributed by atoms with Crippen molar-refractivity contribution in [3.8, 4) is 0 Å². The molecule has 138 valence electrons. The van der Waals surface area contributed by atoms with Crippen LogP contribution in [0.1, 0.15) is 35.1 Å². The van der Waals surface area contributed by atoms with Crippen molar-refractivity contribution >= 4 is 22.8 Å². The van der Waals surface area contributed by atoms with Crippen LogP contribution in [-0.2, 0) is 24.4 Å². The molecule has 1 aliphatic heterocycles. The Kier molecular flexibility index (Phi) is 4.53. The molecule has 8 heteroatoms. The van der Waals surface area contributed by atoms with Crippen LogP contribution in [0.3, 0.4) is 0 Å². The molecular formula is C19H20N6O2. The lowest BCUT2D eigenvalue weighted by atomic mass is 10.2. The van der Waals surface area contributed by atoms with Crippen molar-refractivity contribution in [1.82, 2.24) is 30.0 Å². The van der Waals surface area contributed by atoms with Crippen molar-refractivity contribution < 1.29 is 9.59 Å². The van der Waals surface area contributed by atoms with Crippen LogP contribution in [0.25, 0.3) is 11.0 Å². The average Bonchev–Trinajstić information content (AvgIpc) is 2.95. The summed E-state index contributed by atoms with van der Waals surface area (Å²) in [6, 6.07) is 7.20. The largest absolute Gasteiger partial charge is 0.346 e. The molecule has 0 aliphatic carbocycles. The van der Waals surface area contributed by atoms with Gasteiger partial charge in [0.05, 0.1) is 35.5 Å². The minimum atomic E-state index is -0.184. The first-order valence-electron chi connectivity index (χ1n) is 8.90. The summed E-state index contributed by atoms with van der Waals surface area (Å²) >= 11 is 0. The van der Waals surface area contributed by atoms with Crippen LogP contribution < -0.4 is 5.32 Å². The van der Waals surface area contributed by atoms with E-state index in [1.54, 1.807) is 37.5 Å². The van der Waals surface area contributed by atoms with Gasteiger partial charge in [0.1, 0.15) is 0 Å². The average molecular weight is 364 g/mol. The highest BCUT2D eigenvalue weighted by atomic mass is 16.2. The zero-order chi connectivity index (χ0) is 18.8. The van der Waals surface area contributed by atoms with E-state index in [1.807, 2.05) is 15.6 Å². The van der Waals surface area contributed by atoms with Gasteiger partial charge in [0.15, 0.2) is 0 Å². The van der Waals surface area contributed by atoms with E-state index in [0.29, 0.717) is 24.2 Å². The predicted molar refractivity (Wildman–Crippen MR) is 98.6 cm³/mol. The number of aromatic nitrogens is 4. The molecule has 2 aromatic heterocycles. The Bertz CT molecular complexity index is 1010. The predicted octanol–water partition coefficient (Wildman–Crippen LogP) is 1.51. The molecule has 0 unspecified atom stereocenters. The smallest absolute Gasteiger partial charge is 0.251 e. The van der Waals surface area contributed by atoms with Gasteiger partial charge in [0.25, 0.3) is 5.91 Å². The first-order valence-corrected chi connectivity index (χ1v) is 8.90. The molecule has 0 atom stereocenters. The molecule has 27 heavy (non-hydrogen) atoms. The first-order chi connectivity index (χ1) is 13.1. The minimum Gasteiger partial charge on any atom is -0.346 e. The highest BCUT2D eigenvalue weighted by molar-refractivity contribution is 5.97. The zero-order valence-corrected chi connectivity index (χ0v) is 15.1. The molecule has 0 fully saturated rings. The Morgan fingerprint density at radius 3 is 2.74 bits per heavy atom. The van der Waals surface area contributed by atoms with Crippen LogP contribution in [0.4, 0.5) is 0 Å². The molecule has 0 spiro atoms. The van der Waals surface area contributed by atoms with Crippen LogP contribution in [0.5, 0.6) is 0 Å². The summed E-state index contributed by atoms with van der Waals surface area (Å²) in [5.41, 5.74) is 3.74. The number of hydrogen-bond acceptors (Lipinski definition) is 5. The maximum Gasteiger partial charge on any atom is 0.251 e. The van der Waals surface area contributed by atoms with E-state index in [9.17, 15) is 9.59 Å². The molecule has 2 amide bonds. The number of amides is 2. The summed E-state index contributed by atoms with van der Waals surface area (Å²) in [5, 5.41) is 7.46. The number of carbonyl (C=O) groups excluding carboxylic acids is 2. The fourth-order valence-electron chi connectivity index (χ4n) is 3.25. The molecule has 1 N–H and O–H groups in total. The van der Waals surface area contributed by atoms with E-state index in [0.717, 1.165) is 36.4 Å². The third kappa shape index (κ3) is 3.64. The maximum absolute atomic E-state index is 12.5. The summed E-state index contributed by atoms with van der Waals surface area (Å²) in [6.07, 6.45) is 4.10. The van der Waals surface area contributed by atoms with E-state index in [4.69, 9.17) is 0 Å². The third-order valence-electron chi connectivity index (χ3n) is 4.67. The van der Waals surface area contributed by atoms with Crippen LogP contribution in [0.15, 0.2) is 36.7 Å². The lowest BCUT2D eigenvalue weighted by Gasteiger charge is -2.17. The maximum atomic E-state index is 12.5. The Morgan fingerprint density at radius 1 is 1.11 bits per heavy atom. The molecule has 1 aliphatic rings. The number of fused-ring (bicyclic) bond motifs is 2. The van der Waals surface area contributed by atoms with Gasteiger partial charge in [-0.2, -0.15) is 5.10 Å². The van der Waals surface area contributed by atoms with Crippen molar-refractivity contribution in [3.05, 3.63) is 53.6 Å². The molecule has 1 aromatic carbocycles. The fraction of sp³-hybridized carbons (Fsp3) is 0.316. The van der Waals surface area contributed by atoms with E-state index in [2.05, 4.69) is 20.4 Å². The normalized spacial score (nSPS) is 13.9. The monoisotopic (exact) mass is 364 g/mol. The van der Waals surface area contributed by atoms with Gasteiger partial charge in [0.2, 0.25) is 5.91 Å². The number of nitrogens with one attached hydrogen (secondary N) is 1. The zero-order valence-electron chi connectivity index (χ0n) is 15.1. The summed E-state index contributed by atoms with van der Waals surface area (Å²) in [4.78, 5) is 34.4. The molecular weight excluding hydrogens is 344 g/mol. The second-order valence-electron chi connectivity index (χ2n) is 6.59. The molecule has 3 heterocycles. The molecule has 0 radical (unpaired) electrons. The number of nitrogens with zero attached hydrogens (tertiary/aromatic N) is 5. The second kappa shape index (κ2) is 7.14. The summed E-state index contributed by atoms with van der Waals surface area (Å²) in [7, 11) is 0. The Balaban J connectivity index is 1.44. The first kappa shape index (κ1) is 17.1. The van der Waals surface area contributed by atoms with Crippen molar-refractivity contribution in [2.45, 2.75) is 33.0 Å². The lowest BCUT2D eigenvalue weighted by molar-refractivity contribution is -0.129. The number of hydrogen-bond donors (Lipinski definition) is 1. The summed E-state index contributed by atoms with van der Waals surface area (Å²) < 4.78 is 1.93. The van der Waals surface area contributed by atoms with Crippen LogP contribution in [-0.4, -0.2) is 43.0 Å². The van der Waals surface area contributed by atoms with Crippen molar-refractivity contribution in [2.75, 3.05) is 6.54 Å². The molecule has 0 bridgehead atoms. The standard InChI is InChI=1S/C19H20N6O2/c1-13(26)24-7-2-8-25-16(12-24)10-15(23-25)11-22-19(27)14-3-4-17-18(9-14)21-6-5-20-17/h3-6,9-10H,2,7-8,11-12H2,1H3,(H,22,27). The van der Waals surface area contributed by atoms with Crippen molar-refractivity contribution in [3.63, 3.8) is 0 Å². The minimum absolute atomic E-state index is 0.0684. The third-order valence-corrected chi connectivity index (χ3v) is 4.67. The highest BCUT2D eigenvalue weighted by Gasteiger charge is 2.18. The number of carbonyl (C=O) groups is 2. The van der Waals surface area contributed by atoms with Crippen molar-refractivity contribution in [1.29, 1.82) is 0 Å². The van der Waals surface area contributed by atoms with E-state index in [-0.39, 0.29) is 11.8 Å². The Labute approximate surface area is 156 Å². The number of aryl methyl sites for hydroxylation is 1. The van der Waals surface area contributed by atoms with Crippen molar-refractivity contribution in [2.24, 2.45) is 0 Å². The molecule has 4 rings (SSSR count). The molecule has 0 saturated carbocycles. The van der Waals surface area contributed by atoms with E-state index < -0.39 is 0 Å². The number of benzene rings is 1. The highest BCUT2D eigenvalue weighted by Crippen LogP contribution is 2.15. The van der Waals surface area contributed by atoms with Gasteiger partial charge >= 0.3 is 0 Å². The Hall–Kier alpha value is -3.29. The second-order valence-corrected chi connectivity index (χ2v) is 6.59. The fourth-order valence-corrected chi connectivity index (χ4v) is 3.25. The number of rotatable bonds is 3. The summed E-state index contributed by atoms with van der Waals surface area (Å²) in [5.74, 6) is -0.116. The molecule has 3 aromatic rings. The van der Waals surface area contributed by atoms with Gasteiger partial charge in [-0.3, -0.25) is 24.2 Å². The topological polar surface area (TPSA) is 93.0 Å². The molecule has 8 nitrogen and oxygen atoms in total. The SMILES string of the molecule is CC(=O)N1CCCn2nc(CNC(=O)c3ccc4nccnc4c3)cc2C1. The van der Waals surface area contributed by atoms with Gasteiger partial charge in [-0.05, 0) is 30.7 Å². The van der Waals surface area contributed by atoms with Gasteiger partial charge in [-0.15, -0.1) is 0 Å². The lowest BCUT2D eigenvalue weighted by Crippen LogP contribution is -2.28. The summed E-state index contributed by atoms with van der Waals surface area (Å²) in [6.45, 7) is 3.99. The van der Waals surface area contributed by atoms with E-state index >= 15 is 0 Å². The van der Waals surface area contributed by atoms with E-state index in [1.165, 1.54) is 0 Å². The quantitative estimate of drug-likeness (QED) is 0.760. The van der Waals surface area contributed by atoms with Crippen LogP contribution >= 0.6 is 0 Å². The van der Waals surface area contributed by atoms with Gasteiger partial charge in [-0.1, -0.05) is 0 Å². The molecule has 0 saturated heterocycles. The van der Waals surface area contributed by atoms with Crippen LogP contribution in [0, 0.1) is 0 Å². The van der Waals surface area contributed by atoms with Gasteiger partial charge in [0, 0.05) is 38.0 Å². The van der Waals surface area contributed by atoms with Crippen LogP contribution in [0.2, 0.25) is 0 Å². The Morgan fingerprint density at radius 2 is 1.93 bits per heavy atom.